The van der Waals surface area contributed by atoms with Crippen molar-refractivity contribution in [1.29, 1.82) is 0 Å². The van der Waals surface area contributed by atoms with E-state index >= 15 is 0 Å². The number of rotatable bonds is 4. The molecule has 4 heteroatoms. The summed E-state index contributed by atoms with van der Waals surface area (Å²) in [6.45, 7) is 4.28. The predicted molar refractivity (Wildman–Crippen MR) is 72.4 cm³/mol. The van der Waals surface area contributed by atoms with Crippen LogP contribution in [0, 0.1) is 11.8 Å². The molecule has 0 aliphatic carbocycles. The highest BCUT2D eigenvalue weighted by atomic mass is 16.1. The number of nitrogen functional groups attached to an aromatic ring is 1. The Bertz CT molecular complexity index is 413. The van der Waals surface area contributed by atoms with Crippen LogP contribution in [-0.2, 0) is 0 Å². The molecule has 1 fully saturated rings. The molecule has 2 unspecified atom stereocenters. The number of hydrogen-bond donors (Lipinski definition) is 2. The molecule has 0 aromatic carbocycles. The number of hydrogen-bond acceptors (Lipinski definition) is 4. The van der Waals surface area contributed by atoms with Crippen molar-refractivity contribution >= 4 is 11.5 Å². The average molecular weight is 247 g/mol. The number of carbonyl (C=O) groups is 1. The number of nitrogens with two attached hydrogens (primary N) is 1. The van der Waals surface area contributed by atoms with Gasteiger partial charge in [-0.1, -0.05) is 6.92 Å². The number of aromatic nitrogens is 1. The zero-order valence-corrected chi connectivity index (χ0v) is 10.9. The van der Waals surface area contributed by atoms with E-state index in [4.69, 9.17) is 5.73 Å². The van der Waals surface area contributed by atoms with Gasteiger partial charge in [-0.2, -0.15) is 0 Å². The van der Waals surface area contributed by atoms with E-state index in [-0.39, 0.29) is 5.78 Å². The van der Waals surface area contributed by atoms with Crippen molar-refractivity contribution in [2.75, 3.05) is 18.8 Å². The van der Waals surface area contributed by atoms with Crippen molar-refractivity contribution in [3.05, 3.63) is 24.0 Å². The Kier molecular flexibility index (Phi) is 4.31. The van der Waals surface area contributed by atoms with Gasteiger partial charge in [0, 0.05) is 24.5 Å². The van der Waals surface area contributed by atoms with Gasteiger partial charge in [0.25, 0.3) is 0 Å². The van der Waals surface area contributed by atoms with Crippen LogP contribution < -0.4 is 11.1 Å². The maximum Gasteiger partial charge on any atom is 0.166 e. The fourth-order valence-electron chi connectivity index (χ4n) is 2.57. The third kappa shape index (κ3) is 3.07. The maximum absolute atomic E-state index is 12.2. The largest absolute Gasteiger partial charge is 0.398 e. The third-order valence-electron chi connectivity index (χ3n) is 3.80. The molecule has 3 N–H and O–H groups in total. The summed E-state index contributed by atoms with van der Waals surface area (Å²) in [6.07, 6.45) is 6.16. The van der Waals surface area contributed by atoms with Crippen molar-refractivity contribution in [3.63, 3.8) is 0 Å². The molecule has 1 aliphatic heterocycles. The second kappa shape index (κ2) is 5.96. The number of Topliss-reactive ketones (excluding diaryl/α,β-unsaturated/α-hetero) is 1. The minimum absolute atomic E-state index is 0.110. The maximum atomic E-state index is 12.2. The first-order valence-corrected chi connectivity index (χ1v) is 6.62. The van der Waals surface area contributed by atoms with Gasteiger partial charge in [-0.3, -0.25) is 9.78 Å². The number of carbonyl (C=O) groups excluding carboxylic acids is 1. The number of ketones is 1. The van der Waals surface area contributed by atoms with Crippen LogP contribution in [0.25, 0.3) is 0 Å². The lowest BCUT2D eigenvalue weighted by molar-refractivity contribution is 0.0943. The highest BCUT2D eigenvalue weighted by molar-refractivity contribution is 6.00. The summed E-state index contributed by atoms with van der Waals surface area (Å²) < 4.78 is 0. The van der Waals surface area contributed by atoms with Crippen molar-refractivity contribution in [1.82, 2.24) is 10.3 Å². The number of anilines is 1. The first-order valence-electron chi connectivity index (χ1n) is 6.62. The van der Waals surface area contributed by atoms with Gasteiger partial charge < -0.3 is 11.1 Å². The van der Waals surface area contributed by atoms with Crippen LogP contribution in [0.5, 0.6) is 0 Å². The molecule has 1 aromatic heterocycles. The van der Waals surface area contributed by atoms with Crippen LogP contribution >= 0.6 is 0 Å². The van der Waals surface area contributed by atoms with E-state index in [1.807, 2.05) is 0 Å². The van der Waals surface area contributed by atoms with Crippen LogP contribution in [-0.4, -0.2) is 23.9 Å². The molecule has 0 radical (unpaired) electrons. The second-order valence-electron chi connectivity index (χ2n) is 5.17. The first-order chi connectivity index (χ1) is 8.68. The average Bonchev–Trinajstić information content (AvgIpc) is 2.40. The van der Waals surface area contributed by atoms with Gasteiger partial charge in [-0.25, -0.2) is 0 Å². The van der Waals surface area contributed by atoms with E-state index in [0.717, 1.165) is 13.1 Å². The lowest BCUT2D eigenvalue weighted by Crippen LogP contribution is -2.34. The van der Waals surface area contributed by atoms with Gasteiger partial charge >= 0.3 is 0 Å². The predicted octanol–water partition coefficient (Wildman–Crippen LogP) is 1.87. The monoisotopic (exact) mass is 247 g/mol. The normalized spacial score (nSPS) is 21.5. The number of nitrogens with one attached hydrogen (secondary N) is 1. The van der Waals surface area contributed by atoms with Crippen LogP contribution in [0.4, 0.5) is 5.69 Å². The minimum Gasteiger partial charge on any atom is -0.398 e. The molecule has 1 aromatic rings. The number of pyridine rings is 1. The lowest BCUT2D eigenvalue weighted by Gasteiger charge is -2.28. The zero-order chi connectivity index (χ0) is 13.0. The molecule has 2 rings (SSSR count). The summed E-state index contributed by atoms with van der Waals surface area (Å²) in [5.41, 5.74) is 6.90. The Hall–Kier alpha value is -1.42. The van der Waals surface area contributed by atoms with Gasteiger partial charge in [0.1, 0.15) is 0 Å². The van der Waals surface area contributed by atoms with Crippen molar-refractivity contribution in [2.24, 2.45) is 11.8 Å². The smallest absolute Gasteiger partial charge is 0.166 e. The van der Waals surface area contributed by atoms with E-state index in [1.165, 1.54) is 12.8 Å². The minimum atomic E-state index is 0.110. The molecule has 18 heavy (non-hydrogen) atoms. The van der Waals surface area contributed by atoms with Gasteiger partial charge in [0.15, 0.2) is 5.78 Å². The third-order valence-corrected chi connectivity index (χ3v) is 3.80. The topological polar surface area (TPSA) is 68.0 Å². The van der Waals surface area contributed by atoms with E-state index in [2.05, 4.69) is 17.2 Å². The van der Waals surface area contributed by atoms with Crippen LogP contribution in [0.1, 0.15) is 36.5 Å². The van der Waals surface area contributed by atoms with E-state index in [9.17, 15) is 4.79 Å². The molecule has 0 bridgehead atoms. The molecule has 0 saturated carbocycles. The van der Waals surface area contributed by atoms with Crippen LogP contribution in [0.15, 0.2) is 18.5 Å². The van der Waals surface area contributed by atoms with Gasteiger partial charge in [-0.15, -0.1) is 0 Å². The standard InChI is InChI=1S/C14H21N3O/c1-10(11-3-2-5-16-8-11)7-14(18)12-9-17-6-4-13(12)15/h4,6,9-11,16H,2-3,5,7-8H2,1H3,(H2,15,17). The summed E-state index contributed by atoms with van der Waals surface area (Å²) in [5.74, 6) is 1.10. The second-order valence-corrected chi connectivity index (χ2v) is 5.17. The quantitative estimate of drug-likeness (QED) is 0.797. The molecule has 1 aliphatic rings. The fraction of sp³-hybridized carbons (Fsp3) is 0.571. The van der Waals surface area contributed by atoms with Crippen molar-refractivity contribution < 1.29 is 4.79 Å². The summed E-state index contributed by atoms with van der Waals surface area (Å²) in [5, 5.41) is 3.39. The van der Waals surface area contributed by atoms with Crippen LogP contribution in [0.2, 0.25) is 0 Å². The Balaban J connectivity index is 1.96. The molecule has 4 nitrogen and oxygen atoms in total. The molecule has 0 spiro atoms. The van der Waals surface area contributed by atoms with Crippen molar-refractivity contribution in [2.45, 2.75) is 26.2 Å². The summed E-state index contributed by atoms with van der Waals surface area (Å²) in [4.78, 5) is 16.2. The Labute approximate surface area is 108 Å². The zero-order valence-electron chi connectivity index (χ0n) is 10.9. The summed E-state index contributed by atoms with van der Waals surface area (Å²) in [6, 6.07) is 1.68. The summed E-state index contributed by atoms with van der Waals surface area (Å²) >= 11 is 0. The Morgan fingerprint density at radius 2 is 2.50 bits per heavy atom. The number of piperidine rings is 1. The van der Waals surface area contributed by atoms with Gasteiger partial charge in [0.2, 0.25) is 0 Å². The highest BCUT2D eigenvalue weighted by Crippen LogP contribution is 2.24. The molecule has 2 atom stereocenters. The highest BCUT2D eigenvalue weighted by Gasteiger charge is 2.23. The molecule has 0 amide bonds. The summed E-state index contributed by atoms with van der Waals surface area (Å²) in [7, 11) is 0. The fourth-order valence-corrected chi connectivity index (χ4v) is 2.57. The molecular weight excluding hydrogens is 226 g/mol. The first kappa shape index (κ1) is 13.0. The SMILES string of the molecule is CC(CC(=O)c1cnccc1N)C1CCCNC1. The van der Waals surface area contributed by atoms with E-state index in [1.54, 1.807) is 18.5 Å². The Morgan fingerprint density at radius 1 is 1.67 bits per heavy atom. The lowest BCUT2D eigenvalue weighted by atomic mass is 9.83. The van der Waals surface area contributed by atoms with E-state index in [0.29, 0.717) is 29.5 Å². The molecule has 98 valence electrons. The molecular formula is C14H21N3O. The number of nitrogens with zero attached hydrogens (tertiary/aromatic N) is 1. The molecule has 1 saturated heterocycles. The van der Waals surface area contributed by atoms with E-state index < -0.39 is 0 Å². The Morgan fingerprint density at radius 3 is 3.17 bits per heavy atom. The van der Waals surface area contributed by atoms with Gasteiger partial charge in [0.05, 0.1) is 5.56 Å². The van der Waals surface area contributed by atoms with Crippen molar-refractivity contribution in [3.8, 4) is 0 Å². The molecule has 2 heterocycles. The van der Waals surface area contributed by atoms with Crippen LogP contribution in [0.3, 0.4) is 0 Å². The van der Waals surface area contributed by atoms with Gasteiger partial charge in [-0.05, 0) is 43.8 Å².